The fourth-order valence-electron chi connectivity index (χ4n) is 2.54. The van der Waals surface area contributed by atoms with Gasteiger partial charge in [0, 0.05) is 15.8 Å². The minimum atomic E-state index is -1.03. The van der Waals surface area contributed by atoms with Gasteiger partial charge in [-0.25, -0.2) is 4.79 Å². The zero-order chi connectivity index (χ0) is 17.1. The van der Waals surface area contributed by atoms with Crippen LogP contribution in [0.1, 0.15) is 15.3 Å². The van der Waals surface area contributed by atoms with Gasteiger partial charge in [-0.3, -0.25) is 0 Å². The smallest absolute Gasteiger partial charge is 0.341 e. The lowest BCUT2D eigenvalue weighted by Crippen LogP contribution is -2.10. The Morgan fingerprint density at radius 3 is 2.50 bits per heavy atom. The molecule has 3 rings (SSSR count). The van der Waals surface area contributed by atoms with Crippen LogP contribution < -0.4 is 4.74 Å². The van der Waals surface area contributed by atoms with Crippen molar-refractivity contribution in [2.75, 3.05) is 6.61 Å². The molecule has 0 bridgehead atoms. The first-order valence-corrected chi connectivity index (χ1v) is 8.07. The first-order valence-electron chi connectivity index (χ1n) is 7.25. The molecule has 3 aromatic rings. The molecular weight excluding hydrogens is 326 g/mol. The molecule has 1 aromatic heterocycles. The Kier molecular flexibility index (Phi) is 4.48. The molecule has 0 saturated carbocycles. The van der Waals surface area contributed by atoms with Gasteiger partial charge in [0.2, 0.25) is 0 Å². The lowest BCUT2D eigenvalue weighted by molar-refractivity contribution is -0.139. The maximum absolute atomic E-state index is 10.7. The van der Waals surface area contributed by atoms with Gasteiger partial charge in [0.05, 0.1) is 4.88 Å². The highest BCUT2D eigenvalue weighted by Crippen LogP contribution is 2.31. The molecule has 0 unspecified atom stereocenters. The van der Waals surface area contributed by atoms with Crippen molar-refractivity contribution in [3.05, 3.63) is 63.8 Å². The third kappa shape index (κ3) is 3.09. The van der Waals surface area contributed by atoms with Crippen LogP contribution in [0.4, 0.5) is 0 Å². The molecule has 24 heavy (non-hydrogen) atoms. The monoisotopic (exact) mass is 341 g/mol. The summed E-state index contributed by atoms with van der Waals surface area (Å²) in [4.78, 5) is 12.7. The number of carboxylic acid groups (broad SMARTS) is 1. The van der Waals surface area contributed by atoms with Crippen LogP contribution in [0.2, 0.25) is 0 Å². The van der Waals surface area contributed by atoms with Crippen molar-refractivity contribution < 1.29 is 19.8 Å². The molecule has 5 nitrogen and oxygen atoms in total. The van der Waals surface area contributed by atoms with E-state index in [2.05, 4.69) is 5.16 Å². The van der Waals surface area contributed by atoms with E-state index >= 15 is 0 Å². The lowest BCUT2D eigenvalue weighted by Gasteiger charge is -2.12. The van der Waals surface area contributed by atoms with Crippen molar-refractivity contribution in [2.24, 2.45) is 5.16 Å². The van der Waals surface area contributed by atoms with Crippen LogP contribution in [0.5, 0.6) is 5.75 Å². The number of thiophene rings is 1. The van der Waals surface area contributed by atoms with E-state index in [1.165, 1.54) is 0 Å². The highest BCUT2D eigenvalue weighted by Gasteiger charge is 2.15. The molecule has 6 heteroatoms. The summed E-state index contributed by atoms with van der Waals surface area (Å²) in [6.07, 6.45) is 0. The second kappa shape index (κ2) is 6.72. The van der Waals surface area contributed by atoms with Crippen molar-refractivity contribution in [3.63, 3.8) is 0 Å². The summed E-state index contributed by atoms with van der Waals surface area (Å²) in [6.45, 7) is 1.58. The Morgan fingerprint density at radius 2 is 1.88 bits per heavy atom. The number of nitrogens with zero attached hydrogens (tertiary/aromatic N) is 1. The molecule has 0 fully saturated rings. The molecule has 2 N–H and O–H groups in total. The first-order chi connectivity index (χ1) is 11.6. The van der Waals surface area contributed by atoms with Gasteiger partial charge in [-0.2, -0.15) is 0 Å². The normalized spacial score (nSPS) is 11.6. The molecule has 0 amide bonds. The third-order valence-electron chi connectivity index (χ3n) is 3.56. The van der Waals surface area contributed by atoms with Crippen LogP contribution in [-0.4, -0.2) is 28.6 Å². The number of ether oxygens (including phenoxy) is 1. The zero-order valence-electron chi connectivity index (χ0n) is 12.9. The SMILES string of the molecule is Cc1ccc(/C(=N\O)c2ccc(OCC(=O)O)c3ccccc23)s1. The number of hydrogen-bond donors (Lipinski definition) is 2. The van der Waals surface area contributed by atoms with Gasteiger partial charge < -0.3 is 15.1 Å². The number of hydrogen-bond acceptors (Lipinski definition) is 5. The quantitative estimate of drug-likeness (QED) is 0.419. The minimum Gasteiger partial charge on any atom is -0.481 e. The van der Waals surface area contributed by atoms with E-state index in [4.69, 9.17) is 9.84 Å². The van der Waals surface area contributed by atoms with Crippen LogP contribution in [0.3, 0.4) is 0 Å². The molecule has 1 heterocycles. The fraction of sp³-hybridized carbons (Fsp3) is 0.111. The predicted octanol–water partition coefficient (Wildman–Crippen LogP) is 3.90. The summed E-state index contributed by atoms with van der Waals surface area (Å²) in [5.74, 6) is -0.550. The molecule has 2 aromatic carbocycles. The Morgan fingerprint density at radius 1 is 1.12 bits per heavy atom. The number of carbonyl (C=O) groups is 1. The Hall–Kier alpha value is -2.86. The van der Waals surface area contributed by atoms with E-state index in [0.717, 1.165) is 26.1 Å². The van der Waals surface area contributed by atoms with E-state index in [-0.39, 0.29) is 0 Å². The van der Waals surface area contributed by atoms with Crippen LogP contribution in [0.15, 0.2) is 53.7 Å². The van der Waals surface area contributed by atoms with Gasteiger partial charge in [-0.1, -0.05) is 29.4 Å². The van der Waals surface area contributed by atoms with Gasteiger partial charge in [-0.15, -0.1) is 11.3 Å². The number of fused-ring (bicyclic) bond motifs is 1. The summed E-state index contributed by atoms with van der Waals surface area (Å²) < 4.78 is 5.36. The summed E-state index contributed by atoms with van der Waals surface area (Å²) >= 11 is 1.54. The molecular formula is C18H15NO4S. The molecule has 0 aliphatic heterocycles. The van der Waals surface area contributed by atoms with Gasteiger partial charge in [0.25, 0.3) is 0 Å². The molecule has 0 radical (unpaired) electrons. The Labute approximate surface area is 142 Å². The Balaban J connectivity index is 2.12. The minimum absolute atomic E-state index is 0.408. The van der Waals surface area contributed by atoms with Crippen molar-refractivity contribution in [3.8, 4) is 5.75 Å². The number of carboxylic acids is 1. The maximum atomic E-state index is 10.7. The first kappa shape index (κ1) is 16.0. The number of rotatable bonds is 5. The van der Waals surface area contributed by atoms with Crippen molar-refractivity contribution in [2.45, 2.75) is 6.92 Å². The highest BCUT2D eigenvalue weighted by atomic mass is 32.1. The average Bonchev–Trinajstić information content (AvgIpc) is 3.00. The van der Waals surface area contributed by atoms with E-state index in [1.54, 1.807) is 23.5 Å². The fourth-order valence-corrected chi connectivity index (χ4v) is 3.41. The van der Waals surface area contributed by atoms with Crippen LogP contribution >= 0.6 is 11.3 Å². The van der Waals surface area contributed by atoms with Crippen molar-refractivity contribution in [1.82, 2.24) is 0 Å². The summed E-state index contributed by atoms with van der Waals surface area (Å²) in [5, 5.41) is 23.4. The molecule has 0 saturated heterocycles. The lowest BCUT2D eigenvalue weighted by atomic mass is 9.99. The van der Waals surface area contributed by atoms with Crippen molar-refractivity contribution >= 4 is 33.8 Å². The number of aryl methyl sites for hydroxylation is 1. The number of benzene rings is 2. The number of aliphatic carboxylic acids is 1. The van der Waals surface area contributed by atoms with Gasteiger partial charge >= 0.3 is 5.97 Å². The summed E-state index contributed by atoms with van der Waals surface area (Å²) in [7, 11) is 0. The average molecular weight is 341 g/mol. The molecule has 122 valence electrons. The molecule has 0 aliphatic rings. The van der Waals surface area contributed by atoms with Crippen LogP contribution in [0, 0.1) is 6.92 Å². The van der Waals surface area contributed by atoms with E-state index in [9.17, 15) is 10.0 Å². The van der Waals surface area contributed by atoms with Gasteiger partial charge in [0.1, 0.15) is 11.5 Å². The topological polar surface area (TPSA) is 79.1 Å². The predicted molar refractivity (Wildman–Crippen MR) is 93.6 cm³/mol. The third-order valence-corrected chi connectivity index (χ3v) is 4.57. The molecule has 0 aliphatic carbocycles. The molecule has 0 spiro atoms. The second-order valence-electron chi connectivity index (χ2n) is 5.20. The molecule has 0 atom stereocenters. The van der Waals surface area contributed by atoms with Crippen LogP contribution in [0.25, 0.3) is 10.8 Å². The Bertz CT molecular complexity index is 930. The van der Waals surface area contributed by atoms with E-state index in [0.29, 0.717) is 11.5 Å². The summed E-state index contributed by atoms with van der Waals surface area (Å²) in [5.41, 5.74) is 1.24. The van der Waals surface area contributed by atoms with Gasteiger partial charge in [-0.05, 0) is 36.6 Å². The van der Waals surface area contributed by atoms with Gasteiger partial charge in [0.15, 0.2) is 6.61 Å². The summed E-state index contributed by atoms with van der Waals surface area (Å²) in [6, 6.07) is 14.8. The number of oxime groups is 1. The van der Waals surface area contributed by atoms with E-state index < -0.39 is 12.6 Å². The largest absolute Gasteiger partial charge is 0.481 e. The zero-order valence-corrected chi connectivity index (χ0v) is 13.7. The van der Waals surface area contributed by atoms with E-state index in [1.807, 2.05) is 43.3 Å². The highest BCUT2D eigenvalue weighted by molar-refractivity contribution is 7.14. The second-order valence-corrected chi connectivity index (χ2v) is 6.49. The maximum Gasteiger partial charge on any atom is 0.341 e. The standard InChI is InChI=1S/C18H15NO4S/c1-11-6-9-16(24-11)18(19-22)14-7-8-15(23-10-17(20)21)13-5-3-2-4-12(13)14/h2-9,22H,10H2,1H3,(H,20,21)/b19-18-. The van der Waals surface area contributed by atoms with Crippen LogP contribution in [-0.2, 0) is 4.79 Å². The van der Waals surface area contributed by atoms with Crippen molar-refractivity contribution in [1.29, 1.82) is 0 Å².